The fourth-order valence-corrected chi connectivity index (χ4v) is 1.67. The van der Waals surface area contributed by atoms with Crippen LogP contribution in [0.15, 0.2) is 6.20 Å². The van der Waals surface area contributed by atoms with Crippen LogP contribution in [0, 0.1) is 6.92 Å². The number of carbonyl (C=O) groups excluding carboxylic acids is 2. The number of hydrogen-bond acceptors (Lipinski definition) is 4. The molecule has 2 amide bonds. The molecule has 2 heterocycles. The molecule has 5 heteroatoms. The number of imide groups is 1. The maximum atomic E-state index is 11.5. The van der Waals surface area contributed by atoms with E-state index in [9.17, 15) is 9.59 Å². The van der Waals surface area contributed by atoms with E-state index in [1.54, 1.807) is 13.1 Å². The van der Waals surface area contributed by atoms with E-state index in [0.29, 0.717) is 29.1 Å². The Balaban J connectivity index is 2.64. The highest BCUT2D eigenvalue weighted by atomic mass is 16.2. The quantitative estimate of drug-likeness (QED) is 0.697. The average molecular weight is 205 g/mol. The third kappa shape index (κ3) is 1.36. The molecule has 15 heavy (non-hydrogen) atoms. The van der Waals surface area contributed by atoms with Crippen molar-refractivity contribution in [2.75, 3.05) is 11.9 Å². The summed E-state index contributed by atoms with van der Waals surface area (Å²) >= 11 is 0. The van der Waals surface area contributed by atoms with Crippen LogP contribution in [0.2, 0.25) is 0 Å². The van der Waals surface area contributed by atoms with Gasteiger partial charge in [-0.3, -0.25) is 19.9 Å². The molecule has 0 fully saturated rings. The fourth-order valence-electron chi connectivity index (χ4n) is 1.67. The predicted molar refractivity (Wildman–Crippen MR) is 54.9 cm³/mol. The van der Waals surface area contributed by atoms with E-state index in [1.807, 2.05) is 6.92 Å². The smallest absolute Gasteiger partial charge is 0.261 e. The van der Waals surface area contributed by atoms with Crippen molar-refractivity contribution >= 4 is 17.5 Å². The highest BCUT2D eigenvalue weighted by molar-refractivity contribution is 6.24. The molecule has 0 bridgehead atoms. The zero-order valence-electron chi connectivity index (χ0n) is 8.55. The van der Waals surface area contributed by atoms with Gasteiger partial charge in [0, 0.05) is 6.54 Å². The van der Waals surface area contributed by atoms with Gasteiger partial charge in [0.05, 0.1) is 28.7 Å². The summed E-state index contributed by atoms with van der Waals surface area (Å²) in [5.41, 5.74) is 1.99. The lowest BCUT2D eigenvalue weighted by molar-refractivity contribution is 0.0880. The average Bonchev–Trinajstić information content (AvgIpc) is 2.48. The van der Waals surface area contributed by atoms with Crippen LogP contribution in [-0.2, 0) is 0 Å². The summed E-state index contributed by atoms with van der Waals surface area (Å²) in [6.45, 7) is 4.31. The van der Waals surface area contributed by atoms with E-state index < -0.39 is 0 Å². The van der Waals surface area contributed by atoms with Gasteiger partial charge in [-0.2, -0.15) is 0 Å². The largest absolute Gasteiger partial charge is 0.383 e. The normalized spacial score (nSPS) is 13.7. The topological polar surface area (TPSA) is 71.1 Å². The van der Waals surface area contributed by atoms with Crippen molar-refractivity contribution in [3.63, 3.8) is 0 Å². The van der Waals surface area contributed by atoms with Crippen LogP contribution in [0.3, 0.4) is 0 Å². The van der Waals surface area contributed by atoms with Crippen molar-refractivity contribution in [1.82, 2.24) is 10.3 Å². The Hall–Kier alpha value is -1.91. The zero-order chi connectivity index (χ0) is 11.0. The molecule has 0 radical (unpaired) electrons. The molecule has 78 valence electrons. The van der Waals surface area contributed by atoms with E-state index in [-0.39, 0.29) is 11.8 Å². The molecule has 2 N–H and O–H groups in total. The number of fused-ring (bicyclic) bond motifs is 1. The van der Waals surface area contributed by atoms with E-state index in [1.165, 1.54) is 0 Å². The number of rotatable bonds is 2. The van der Waals surface area contributed by atoms with Gasteiger partial charge in [-0.05, 0) is 13.8 Å². The Morgan fingerprint density at radius 3 is 2.67 bits per heavy atom. The molecule has 2 rings (SSSR count). The van der Waals surface area contributed by atoms with Crippen LogP contribution in [0.25, 0.3) is 0 Å². The minimum atomic E-state index is -0.361. The van der Waals surface area contributed by atoms with E-state index in [4.69, 9.17) is 0 Å². The SMILES string of the molecule is CCNc1cnc(C)c2c1C(=O)NC2=O. The van der Waals surface area contributed by atoms with Gasteiger partial charge in [-0.15, -0.1) is 0 Å². The lowest BCUT2D eigenvalue weighted by Crippen LogP contribution is -2.20. The van der Waals surface area contributed by atoms with E-state index in [2.05, 4.69) is 15.6 Å². The summed E-state index contributed by atoms with van der Waals surface area (Å²) in [5, 5.41) is 5.27. The predicted octanol–water partition coefficient (Wildman–Crippen LogP) is 0.705. The molecule has 0 saturated carbocycles. The molecule has 1 aromatic rings. The number of pyridine rings is 1. The Morgan fingerprint density at radius 1 is 1.33 bits per heavy atom. The van der Waals surface area contributed by atoms with E-state index >= 15 is 0 Å². The van der Waals surface area contributed by atoms with E-state index in [0.717, 1.165) is 0 Å². The van der Waals surface area contributed by atoms with Crippen LogP contribution >= 0.6 is 0 Å². The van der Waals surface area contributed by atoms with Gasteiger partial charge in [0.25, 0.3) is 11.8 Å². The Bertz CT molecular complexity index is 454. The number of carbonyl (C=O) groups is 2. The first kappa shape index (κ1) is 9.64. The highest BCUT2D eigenvalue weighted by Crippen LogP contribution is 2.25. The third-order valence-corrected chi connectivity index (χ3v) is 2.32. The molecular weight excluding hydrogens is 194 g/mol. The minimum Gasteiger partial charge on any atom is -0.383 e. The zero-order valence-corrected chi connectivity index (χ0v) is 8.55. The first-order valence-electron chi connectivity index (χ1n) is 4.74. The van der Waals surface area contributed by atoms with Crippen LogP contribution in [0.5, 0.6) is 0 Å². The Kier molecular flexibility index (Phi) is 2.15. The second kappa shape index (κ2) is 3.34. The number of hydrogen-bond donors (Lipinski definition) is 2. The van der Waals surface area contributed by atoms with Crippen molar-refractivity contribution in [2.24, 2.45) is 0 Å². The van der Waals surface area contributed by atoms with Crippen molar-refractivity contribution in [1.29, 1.82) is 0 Å². The van der Waals surface area contributed by atoms with Crippen molar-refractivity contribution in [2.45, 2.75) is 13.8 Å². The summed E-state index contributed by atoms with van der Waals surface area (Å²) in [5.74, 6) is -0.712. The van der Waals surface area contributed by atoms with Crippen LogP contribution < -0.4 is 10.6 Å². The molecule has 5 nitrogen and oxygen atoms in total. The monoisotopic (exact) mass is 205 g/mol. The van der Waals surface area contributed by atoms with Crippen molar-refractivity contribution in [3.05, 3.63) is 23.0 Å². The number of amides is 2. The molecule has 0 atom stereocenters. The lowest BCUT2D eigenvalue weighted by atomic mass is 10.1. The summed E-state index contributed by atoms with van der Waals surface area (Å²) in [4.78, 5) is 27.1. The molecule has 0 aliphatic carbocycles. The van der Waals surface area contributed by atoms with Gasteiger partial charge in [-0.1, -0.05) is 0 Å². The maximum Gasteiger partial charge on any atom is 0.261 e. The van der Waals surface area contributed by atoms with Crippen LogP contribution in [-0.4, -0.2) is 23.3 Å². The summed E-state index contributed by atoms with van der Waals surface area (Å²) < 4.78 is 0. The number of nitrogens with zero attached hydrogens (tertiary/aromatic N) is 1. The molecular formula is C10H11N3O2. The van der Waals surface area contributed by atoms with Gasteiger partial charge in [0.1, 0.15) is 0 Å². The summed E-state index contributed by atoms with van der Waals surface area (Å²) in [7, 11) is 0. The number of aryl methyl sites for hydroxylation is 1. The first-order valence-corrected chi connectivity index (χ1v) is 4.74. The summed E-state index contributed by atoms with van der Waals surface area (Å²) in [6, 6.07) is 0. The number of nitrogens with one attached hydrogen (secondary N) is 2. The van der Waals surface area contributed by atoms with Crippen LogP contribution in [0.4, 0.5) is 5.69 Å². The van der Waals surface area contributed by atoms with Gasteiger partial charge in [0.15, 0.2) is 0 Å². The van der Waals surface area contributed by atoms with Crippen molar-refractivity contribution < 1.29 is 9.59 Å². The molecule has 1 aromatic heterocycles. The fraction of sp³-hybridized carbons (Fsp3) is 0.300. The highest BCUT2D eigenvalue weighted by Gasteiger charge is 2.31. The minimum absolute atomic E-state index is 0.351. The van der Waals surface area contributed by atoms with Gasteiger partial charge >= 0.3 is 0 Å². The Labute approximate surface area is 86.9 Å². The maximum absolute atomic E-state index is 11.5. The number of aromatic nitrogens is 1. The van der Waals surface area contributed by atoms with Crippen LogP contribution in [0.1, 0.15) is 33.3 Å². The standard InChI is InChI=1S/C10H11N3O2/c1-3-11-6-4-12-5(2)7-8(6)10(15)13-9(7)14/h4,11H,3H2,1-2H3,(H,13,14,15). The molecule has 0 spiro atoms. The lowest BCUT2D eigenvalue weighted by Gasteiger charge is -2.07. The molecule has 1 aliphatic rings. The van der Waals surface area contributed by atoms with Gasteiger partial charge < -0.3 is 5.32 Å². The van der Waals surface area contributed by atoms with Gasteiger partial charge in [-0.25, -0.2) is 0 Å². The molecule has 0 saturated heterocycles. The Morgan fingerprint density at radius 2 is 2.00 bits per heavy atom. The molecule has 0 unspecified atom stereocenters. The first-order chi connectivity index (χ1) is 7.15. The van der Waals surface area contributed by atoms with Crippen molar-refractivity contribution in [3.8, 4) is 0 Å². The van der Waals surface area contributed by atoms with Gasteiger partial charge in [0.2, 0.25) is 0 Å². The summed E-state index contributed by atoms with van der Waals surface area (Å²) in [6.07, 6.45) is 1.58. The second-order valence-corrected chi connectivity index (χ2v) is 3.32. The second-order valence-electron chi connectivity index (χ2n) is 3.32. The third-order valence-electron chi connectivity index (χ3n) is 2.32. The number of anilines is 1. The molecule has 1 aliphatic heterocycles. The molecule has 0 aromatic carbocycles.